The van der Waals surface area contributed by atoms with Crippen LogP contribution in [-0.2, 0) is 13.1 Å². The molecule has 45 heavy (non-hydrogen) atoms. The van der Waals surface area contributed by atoms with E-state index in [2.05, 4.69) is 21.8 Å². The van der Waals surface area contributed by atoms with Crippen molar-refractivity contribution in [1.29, 1.82) is 0 Å². The van der Waals surface area contributed by atoms with Gasteiger partial charge in [-0.1, -0.05) is 55.4 Å². The van der Waals surface area contributed by atoms with Crippen LogP contribution in [0.25, 0.3) is 11.3 Å². The highest BCUT2D eigenvalue weighted by Crippen LogP contribution is 2.41. The van der Waals surface area contributed by atoms with Gasteiger partial charge in [0.2, 0.25) is 0 Å². The summed E-state index contributed by atoms with van der Waals surface area (Å²) in [4.78, 5) is 32.1. The van der Waals surface area contributed by atoms with E-state index in [9.17, 15) is 15.0 Å². The van der Waals surface area contributed by atoms with Gasteiger partial charge in [-0.25, -0.2) is 9.97 Å². The van der Waals surface area contributed by atoms with Crippen LogP contribution in [0.3, 0.4) is 0 Å². The summed E-state index contributed by atoms with van der Waals surface area (Å²) >= 11 is 8.27. The molecule has 0 aliphatic carbocycles. The fraction of sp³-hybridized carbons (Fsp3) is 0.333. The molecule has 0 bridgehead atoms. The number of hydrogen-bond acceptors (Lipinski definition) is 10. The Morgan fingerprint density at radius 3 is 2.53 bits per heavy atom. The number of halogens is 1. The molecule has 0 spiro atoms. The second kappa shape index (κ2) is 12.0. The molecule has 0 saturated carbocycles. The molecule has 2 aliphatic rings. The van der Waals surface area contributed by atoms with Crippen LogP contribution in [0.1, 0.15) is 66.7 Å². The van der Waals surface area contributed by atoms with Crippen molar-refractivity contribution in [1.82, 2.24) is 19.9 Å². The first-order chi connectivity index (χ1) is 21.4. The monoisotopic (exact) mass is 645 g/mol. The van der Waals surface area contributed by atoms with Crippen LogP contribution in [-0.4, -0.2) is 54.6 Å². The highest BCUT2D eigenvalue weighted by Gasteiger charge is 2.29. The second-order valence-corrected chi connectivity index (χ2v) is 13.7. The molecule has 10 nitrogen and oxygen atoms in total. The van der Waals surface area contributed by atoms with E-state index in [1.165, 1.54) is 17.8 Å². The van der Waals surface area contributed by atoms with Gasteiger partial charge in [-0.3, -0.25) is 9.78 Å². The zero-order valence-corrected chi connectivity index (χ0v) is 27.0. The van der Waals surface area contributed by atoms with Crippen molar-refractivity contribution in [2.24, 2.45) is 5.73 Å². The Kier molecular flexibility index (Phi) is 8.28. The Balaban J connectivity index is 1.19. The number of phenolic OH excluding ortho intramolecular Hbond substituents is 2. The van der Waals surface area contributed by atoms with Crippen molar-refractivity contribution in [2.45, 2.75) is 68.1 Å². The molecule has 4 aromatic rings. The number of phenols is 2. The number of piperidine rings is 1. The molecule has 4 heterocycles. The van der Waals surface area contributed by atoms with Crippen LogP contribution >= 0.6 is 23.4 Å². The quantitative estimate of drug-likeness (QED) is 0.198. The van der Waals surface area contributed by atoms with Crippen molar-refractivity contribution < 1.29 is 15.0 Å². The summed E-state index contributed by atoms with van der Waals surface area (Å²) < 4.78 is 0. The van der Waals surface area contributed by atoms with E-state index in [-0.39, 0.29) is 41.0 Å². The maximum Gasteiger partial charge on any atom is 0.258 e. The summed E-state index contributed by atoms with van der Waals surface area (Å²) in [6.45, 7) is 8.16. The number of carbonyl (C=O) groups is 1. The van der Waals surface area contributed by atoms with Crippen LogP contribution in [0.2, 0.25) is 5.02 Å². The summed E-state index contributed by atoms with van der Waals surface area (Å²) in [6, 6.07) is 12.4. The fourth-order valence-corrected chi connectivity index (χ4v) is 6.85. The van der Waals surface area contributed by atoms with Gasteiger partial charge in [-0.2, -0.15) is 0 Å². The minimum atomic E-state index is -0.326. The first-order valence-corrected chi connectivity index (χ1v) is 16.1. The molecule has 6 N–H and O–H groups in total. The Morgan fingerprint density at radius 1 is 1.07 bits per heavy atom. The Labute approximate surface area is 271 Å². The lowest BCUT2D eigenvalue weighted by atomic mass is 9.91. The average Bonchev–Trinajstić information content (AvgIpc) is 3.42. The molecule has 1 amide bonds. The average molecular weight is 646 g/mol. The molecule has 0 radical (unpaired) electrons. The number of rotatable bonds is 6. The van der Waals surface area contributed by atoms with E-state index in [1.54, 1.807) is 17.2 Å². The molecule has 1 fully saturated rings. The maximum atomic E-state index is 13.4. The third-order valence-corrected chi connectivity index (χ3v) is 10.1. The van der Waals surface area contributed by atoms with Crippen LogP contribution in [0.5, 0.6) is 11.5 Å². The van der Waals surface area contributed by atoms with E-state index in [0.717, 1.165) is 53.5 Å². The van der Waals surface area contributed by atoms with Gasteiger partial charge < -0.3 is 31.5 Å². The summed E-state index contributed by atoms with van der Waals surface area (Å²) in [5.74, 6) is 0.453. The molecule has 2 aromatic heterocycles. The van der Waals surface area contributed by atoms with E-state index >= 15 is 0 Å². The number of fused-ring (bicyclic) bond motifs is 1. The standard InChI is InChI=1S/C33H36ClN7O3S/c1-18(2)21-13-22(26(43)14-25(21)42)32(44)41-16-19-7-8-23(38-24(19)17-41)20-5-4-6-27(29(20)34)45-31-30(35)39-28(15-37-31)40-11-9-33(3,36)10-12-40/h4-8,13-15,18,42-43H,9-12,16-17,36H2,1-3H3,(H2,35,39). The Hall–Kier alpha value is -4.06. The highest BCUT2D eigenvalue weighted by atomic mass is 35.5. The zero-order valence-electron chi connectivity index (χ0n) is 25.4. The van der Waals surface area contributed by atoms with Gasteiger partial charge in [0.15, 0.2) is 5.82 Å². The molecule has 1 saturated heterocycles. The zero-order chi connectivity index (χ0) is 32.0. The van der Waals surface area contributed by atoms with Gasteiger partial charge >= 0.3 is 0 Å². The van der Waals surface area contributed by atoms with Crippen molar-refractivity contribution in [3.8, 4) is 22.8 Å². The first-order valence-electron chi connectivity index (χ1n) is 14.9. The van der Waals surface area contributed by atoms with E-state index in [4.69, 9.17) is 28.1 Å². The summed E-state index contributed by atoms with van der Waals surface area (Å²) in [5, 5.41) is 21.7. The number of pyridine rings is 1. The van der Waals surface area contributed by atoms with Crippen LogP contribution in [0.15, 0.2) is 58.6 Å². The smallest absolute Gasteiger partial charge is 0.258 e. The van der Waals surface area contributed by atoms with Crippen LogP contribution in [0.4, 0.5) is 11.6 Å². The second-order valence-electron chi connectivity index (χ2n) is 12.3. The number of benzene rings is 2. The van der Waals surface area contributed by atoms with Gasteiger partial charge in [-0.15, -0.1) is 0 Å². The topological polar surface area (TPSA) is 155 Å². The third-order valence-electron chi connectivity index (χ3n) is 8.48. The lowest BCUT2D eigenvalue weighted by Crippen LogP contribution is -2.48. The van der Waals surface area contributed by atoms with Crippen LogP contribution < -0.4 is 16.4 Å². The predicted octanol–water partition coefficient (Wildman–Crippen LogP) is 5.93. The molecule has 234 valence electrons. The Morgan fingerprint density at radius 2 is 1.82 bits per heavy atom. The number of hydrogen-bond donors (Lipinski definition) is 4. The van der Waals surface area contributed by atoms with Gasteiger partial charge in [0.1, 0.15) is 22.3 Å². The van der Waals surface area contributed by atoms with Crippen molar-refractivity contribution in [3.05, 3.63) is 76.1 Å². The molecule has 0 atom stereocenters. The van der Waals surface area contributed by atoms with Gasteiger partial charge in [0, 0.05) is 41.7 Å². The SMILES string of the molecule is CC(C)c1cc(C(=O)N2Cc3ccc(-c4cccc(Sc5ncc(N6CCC(C)(N)CC6)nc5N)c4Cl)nc3C2)c(O)cc1O. The first kappa shape index (κ1) is 30.9. The van der Waals surface area contributed by atoms with Crippen molar-refractivity contribution in [3.63, 3.8) is 0 Å². The summed E-state index contributed by atoms with van der Waals surface area (Å²) in [6.07, 6.45) is 3.49. The minimum Gasteiger partial charge on any atom is -0.508 e. The molecular weight excluding hydrogens is 610 g/mol. The molecule has 0 unspecified atom stereocenters. The number of carbonyl (C=O) groups excluding carboxylic acids is 1. The minimum absolute atomic E-state index is 0.0121. The summed E-state index contributed by atoms with van der Waals surface area (Å²) in [5.41, 5.74) is 16.3. The van der Waals surface area contributed by atoms with E-state index in [0.29, 0.717) is 33.7 Å². The molecule has 2 aliphatic heterocycles. The molecule has 6 rings (SSSR count). The third kappa shape index (κ3) is 6.25. The number of aromatic hydroxyl groups is 2. The maximum absolute atomic E-state index is 13.4. The molecule has 12 heteroatoms. The number of nitrogens with two attached hydrogens (primary N) is 2. The molecular formula is C33H36ClN7O3S. The number of nitrogen functional groups attached to an aromatic ring is 1. The molecule has 2 aromatic carbocycles. The normalized spacial score (nSPS) is 15.9. The number of amides is 1. The lowest BCUT2D eigenvalue weighted by molar-refractivity contribution is 0.0747. The summed E-state index contributed by atoms with van der Waals surface area (Å²) in [7, 11) is 0. The van der Waals surface area contributed by atoms with Gasteiger partial charge in [0.25, 0.3) is 5.91 Å². The number of nitrogens with zero attached hydrogens (tertiary/aromatic N) is 5. The van der Waals surface area contributed by atoms with E-state index in [1.807, 2.05) is 44.2 Å². The number of aromatic nitrogens is 3. The predicted molar refractivity (Wildman–Crippen MR) is 177 cm³/mol. The van der Waals surface area contributed by atoms with Gasteiger partial charge in [-0.05, 0) is 55.0 Å². The Bertz CT molecular complexity index is 1790. The lowest BCUT2D eigenvalue weighted by Gasteiger charge is -2.37. The van der Waals surface area contributed by atoms with E-state index < -0.39 is 0 Å². The largest absolute Gasteiger partial charge is 0.508 e. The highest BCUT2D eigenvalue weighted by molar-refractivity contribution is 7.99. The number of anilines is 2. The van der Waals surface area contributed by atoms with Gasteiger partial charge in [0.05, 0.1) is 34.7 Å². The van der Waals surface area contributed by atoms with Crippen molar-refractivity contribution in [2.75, 3.05) is 23.7 Å². The van der Waals surface area contributed by atoms with Crippen LogP contribution in [0, 0.1) is 0 Å². The fourth-order valence-electron chi connectivity index (χ4n) is 5.70. The van der Waals surface area contributed by atoms with Crippen molar-refractivity contribution >= 4 is 40.9 Å².